The number of benzene rings is 2. The predicted molar refractivity (Wildman–Crippen MR) is 93.6 cm³/mol. The molecule has 2 aromatic rings. The van der Waals surface area contributed by atoms with Crippen LogP contribution in [0.25, 0.3) is 0 Å². The molecule has 0 saturated heterocycles. The first kappa shape index (κ1) is 24.9. The van der Waals surface area contributed by atoms with Crippen LogP contribution in [0.1, 0.15) is 5.56 Å². The molecule has 0 aliphatic carbocycles. The third kappa shape index (κ3) is 8.81. The fourth-order valence-corrected chi connectivity index (χ4v) is 2.21. The molecule has 0 atom stereocenters. The molecule has 2 N–H and O–H groups in total. The number of nitrogens with one attached hydrogen (secondary N) is 2. The van der Waals surface area contributed by atoms with Crippen LogP contribution in [0.15, 0.2) is 42.5 Å². The fourth-order valence-electron chi connectivity index (χ4n) is 2.21. The number of anilines is 2. The standard InChI is InChI=1S/C18H13F9N2O3/c19-16(20,21)8-31-13-5-12(6-14(7-13)32-9-17(22,23)24)29-15(30)28-11-3-1-2-10(4-11)18(25,26)27/h1-7H,8-9H2,(H2,28,29,30). The van der Waals surface area contributed by atoms with Gasteiger partial charge in [0.25, 0.3) is 0 Å². The number of halogens is 9. The highest BCUT2D eigenvalue weighted by Gasteiger charge is 2.31. The maximum atomic E-state index is 12.7. The van der Waals surface area contributed by atoms with Gasteiger partial charge in [0, 0.05) is 29.6 Å². The highest BCUT2D eigenvalue weighted by atomic mass is 19.4. The first-order valence-corrected chi connectivity index (χ1v) is 8.40. The number of hydrogen-bond acceptors (Lipinski definition) is 3. The topological polar surface area (TPSA) is 59.6 Å². The predicted octanol–water partition coefficient (Wildman–Crippen LogP) is 6.23. The molecule has 0 saturated carbocycles. The minimum atomic E-state index is -4.75. The quantitative estimate of drug-likeness (QED) is 0.486. The number of alkyl halides is 9. The van der Waals surface area contributed by atoms with E-state index in [0.29, 0.717) is 6.07 Å². The summed E-state index contributed by atoms with van der Waals surface area (Å²) in [7, 11) is 0. The van der Waals surface area contributed by atoms with E-state index in [9.17, 15) is 44.3 Å². The second-order valence-electron chi connectivity index (χ2n) is 6.16. The summed E-state index contributed by atoms with van der Waals surface area (Å²) in [6.07, 6.45) is -14.2. The van der Waals surface area contributed by atoms with Gasteiger partial charge in [0.15, 0.2) is 13.2 Å². The molecule has 32 heavy (non-hydrogen) atoms. The third-order valence-electron chi connectivity index (χ3n) is 3.39. The molecule has 0 heterocycles. The first-order chi connectivity index (χ1) is 14.6. The van der Waals surface area contributed by atoms with Gasteiger partial charge in [-0.1, -0.05) is 6.07 Å². The zero-order valence-electron chi connectivity index (χ0n) is 15.6. The van der Waals surface area contributed by atoms with Crippen LogP contribution in [0.3, 0.4) is 0 Å². The molecule has 0 radical (unpaired) electrons. The van der Waals surface area contributed by atoms with Crippen LogP contribution in [0.4, 0.5) is 55.7 Å². The molecule has 0 bridgehead atoms. The molecule has 0 unspecified atom stereocenters. The molecule has 2 amide bonds. The van der Waals surface area contributed by atoms with Crippen molar-refractivity contribution in [3.63, 3.8) is 0 Å². The van der Waals surface area contributed by atoms with Crippen molar-refractivity contribution in [2.45, 2.75) is 18.5 Å². The maximum absolute atomic E-state index is 12.7. The van der Waals surface area contributed by atoms with Gasteiger partial charge in [-0.15, -0.1) is 0 Å². The number of carbonyl (C=O) groups is 1. The van der Waals surface area contributed by atoms with Gasteiger partial charge < -0.3 is 20.1 Å². The number of carbonyl (C=O) groups excluding carboxylic acids is 1. The van der Waals surface area contributed by atoms with Gasteiger partial charge in [0.2, 0.25) is 0 Å². The van der Waals surface area contributed by atoms with Gasteiger partial charge >= 0.3 is 24.6 Å². The lowest BCUT2D eigenvalue weighted by atomic mass is 10.2. The second kappa shape index (κ2) is 9.44. The average molecular weight is 476 g/mol. The van der Waals surface area contributed by atoms with E-state index >= 15 is 0 Å². The van der Waals surface area contributed by atoms with E-state index in [0.717, 1.165) is 36.4 Å². The Bertz CT molecular complexity index is 904. The summed E-state index contributed by atoms with van der Waals surface area (Å²) in [6.45, 7) is -3.54. The molecule has 5 nitrogen and oxygen atoms in total. The summed E-state index contributed by atoms with van der Waals surface area (Å²) in [5, 5.41) is 4.13. The summed E-state index contributed by atoms with van der Waals surface area (Å²) in [6, 6.07) is 4.88. The van der Waals surface area contributed by atoms with E-state index in [1.54, 1.807) is 0 Å². The number of hydrogen-bond donors (Lipinski definition) is 2. The summed E-state index contributed by atoms with van der Waals surface area (Å²) in [4.78, 5) is 12.1. The lowest BCUT2D eigenvalue weighted by Gasteiger charge is -2.15. The number of rotatable bonds is 6. The zero-order chi connectivity index (χ0) is 24.2. The van der Waals surface area contributed by atoms with Crippen molar-refractivity contribution in [3.8, 4) is 11.5 Å². The molecule has 0 aliphatic rings. The largest absolute Gasteiger partial charge is 0.484 e. The van der Waals surface area contributed by atoms with E-state index < -0.39 is 54.8 Å². The number of urea groups is 1. The van der Waals surface area contributed by atoms with Crippen LogP contribution >= 0.6 is 0 Å². The highest BCUT2D eigenvalue weighted by Crippen LogP contribution is 2.31. The molecule has 2 rings (SSSR count). The van der Waals surface area contributed by atoms with Gasteiger partial charge in [0.05, 0.1) is 5.56 Å². The summed E-state index contributed by atoms with van der Waals surface area (Å²) in [5.74, 6) is -1.15. The Labute approximate surface area is 174 Å². The van der Waals surface area contributed by atoms with Crippen LogP contribution in [0.5, 0.6) is 11.5 Å². The van der Waals surface area contributed by atoms with Crippen molar-refractivity contribution < 1.29 is 53.8 Å². The molecule has 0 aromatic heterocycles. The Kier molecular flexibility index (Phi) is 7.36. The van der Waals surface area contributed by atoms with Crippen molar-refractivity contribution in [3.05, 3.63) is 48.0 Å². The van der Waals surface area contributed by atoms with Crippen molar-refractivity contribution >= 4 is 17.4 Å². The molecule has 176 valence electrons. The Morgan fingerprint density at radius 3 is 1.69 bits per heavy atom. The Balaban J connectivity index is 2.18. The average Bonchev–Trinajstić information content (AvgIpc) is 2.63. The van der Waals surface area contributed by atoms with Gasteiger partial charge in [-0.25, -0.2) is 4.79 Å². The lowest BCUT2D eigenvalue weighted by Crippen LogP contribution is -2.22. The van der Waals surface area contributed by atoms with E-state index in [1.165, 1.54) is 0 Å². The van der Waals surface area contributed by atoms with E-state index in [4.69, 9.17) is 0 Å². The maximum Gasteiger partial charge on any atom is 0.422 e. The molecule has 0 fully saturated rings. The molecule has 2 aromatic carbocycles. The van der Waals surface area contributed by atoms with E-state index in [2.05, 4.69) is 20.1 Å². The van der Waals surface area contributed by atoms with Gasteiger partial charge in [-0.2, -0.15) is 39.5 Å². The summed E-state index contributed by atoms with van der Waals surface area (Å²) >= 11 is 0. The summed E-state index contributed by atoms with van der Waals surface area (Å²) in [5.41, 5.74) is -1.66. The van der Waals surface area contributed by atoms with Gasteiger partial charge in [0.1, 0.15) is 11.5 Å². The Morgan fingerprint density at radius 1 is 0.719 bits per heavy atom. The van der Waals surface area contributed by atoms with E-state index in [1.807, 2.05) is 0 Å². The van der Waals surface area contributed by atoms with Crippen LogP contribution in [0, 0.1) is 0 Å². The van der Waals surface area contributed by atoms with Crippen molar-refractivity contribution in [2.75, 3.05) is 23.8 Å². The minimum Gasteiger partial charge on any atom is -0.484 e. The van der Waals surface area contributed by atoms with Crippen LogP contribution in [0.2, 0.25) is 0 Å². The summed E-state index contributed by atoms with van der Waals surface area (Å²) < 4.78 is 121. The molecule has 14 heteroatoms. The van der Waals surface area contributed by atoms with Gasteiger partial charge in [-0.05, 0) is 18.2 Å². The highest BCUT2D eigenvalue weighted by molar-refractivity contribution is 6.00. The van der Waals surface area contributed by atoms with Crippen LogP contribution < -0.4 is 20.1 Å². The number of amides is 2. The van der Waals surface area contributed by atoms with Crippen molar-refractivity contribution in [1.82, 2.24) is 0 Å². The van der Waals surface area contributed by atoms with Crippen LogP contribution in [-0.2, 0) is 6.18 Å². The normalized spacial score (nSPS) is 12.3. The minimum absolute atomic E-state index is 0.268. The first-order valence-electron chi connectivity index (χ1n) is 8.40. The SMILES string of the molecule is O=C(Nc1cc(OCC(F)(F)F)cc(OCC(F)(F)F)c1)Nc1cccc(C(F)(F)F)c1. The fraction of sp³-hybridized carbons (Fsp3) is 0.278. The smallest absolute Gasteiger partial charge is 0.422 e. The van der Waals surface area contributed by atoms with E-state index in [-0.39, 0.29) is 11.4 Å². The molecular formula is C18H13F9N2O3. The van der Waals surface area contributed by atoms with Crippen molar-refractivity contribution in [1.29, 1.82) is 0 Å². The van der Waals surface area contributed by atoms with Crippen LogP contribution in [-0.4, -0.2) is 31.6 Å². The Morgan fingerprint density at radius 2 is 1.22 bits per heavy atom. The third-order valence-corrected chi connectivity index (χ3v) is 3.39. The monoisotopic (exact) mass is 476 g/mol. The molecular weight excluding hydrogens is 463 g/mol. The zero-order valence-corrected chi connectivity index (χ0v) is 15.6. The molecule has 0 aliphatic heterocycles. The second-order valence-corrected chi connectivity index (χ2v) is 6.16. The molecule has 0 spiro atoms. The van der Waals surface area contributed by atoms with Gasteiger partial charge in [-0.3, -0.25) is 0 Å². The lowest BCUT2D eigenvalue weighted by molar-refractivity contribution is -0.153. The number of ether oxygens (including phenoxy) is 2. The Hall–Kier alpha value is -3.32. The van der Waals surface area contributed by atoms with Crippen molar-refractivity contribution in [2.24, 2.45) is 0 Å².